The van der Waals surface area contributed by atoms with Gasteiger partial charge in [-0.25, -0.2) is 4.98 Å². The molecule has 0 atom stereocenters. The molecule has 0 unspecified atom stereocenters. The third-order valence-electron chi connectivity index (χ3n) is 0.770. The van der Waals surface area contributed by atoms with Gasteiger partial charge in [0.25, 0.3) is 0 Å². The molecule has 0 amide bonds. The largest absolute Gasteiger partial charge is 0.389 e. The van der Waals surface area contributed by atoms with E-state index in [1.165, 1.54) is 0 Å². The van der Waals surface area contributed by atoms with E-state index in [1.54, 1.807) is 29.3 Å². The summed E-state index contributed by atoms with van der Waals surface area (Å²) in [7, 11) is 0. The Bertz CT molecular complexity index is 185. The zero-order valence-corrected chi connectivity index (χ0v) is 6.76. The number of anilines is 1. The lowest BCUT2D eigenvalue weighted by molar-refractivity contribution is 1.25. The molecule has 0 radical (unpaired) electrons. The first-order chi connectivity index (χ1) is 4.33. The molecule has 4 heteroatoms. The zero-order valence-electron chi connectivity index (χ0n) is 5.13. The van der Waals surface area contributed by atoms with Gasteiger partial charge in [-0.1, -0.05) is 30.0 Å². The van der Waals surface area contributed by atoms with Crippen molar-refractivity contribution in [3.8, 4) is 0 Å². The van der Waals surface area contributed by atoms with Crippen LogP contribution in [0.3, 0.4) is 0 Å². The summed E-state index contributed by atoms with van der Waals surface area (Å²) in [5, 5.41) is 0.797. The van der Waals surface area contributed by atoms with Crippen LogP contribution >= 0.6 is 23.1 Å². The molecule has 9 heavy (non-hydrogen) atoms. The number of hydrogen-bond donors (Lipinski definition) is 1. The van der Waals surface area contributed by atoms with Crippen LogP contribution in [0.4, 0.5) is 5.00 Å². The van der Waals surface area contributed by atoms with E-state index in [1.807, 2.05) is 0 Å². The van der Waals surface area contributed by atoms with Gasteiger partial charge in [-0.15, -0.1) is 0 Å². The standard InChI is InChI=1S/C5H8N2S2/c1-2-8-5-7-3-4(6)9-5/h3H,2,6H2,1H3. The minimum Gasteiger partial charge on any atom is -0.389 e. The van der Waals surface area contributed by atoms with E-state index in [2.05, 4.69) is 11.9 Å². The van der Waals surface area contributed by atoms with Gasteiger partial charge >= 0.3 is 0 Å². The predicted octanol–water partition coefficient (Wildman–Crippen LogP) is 1.84. The number of nitrogen functional groups attached to an aromatic ring is 1. The van der Waals surface area contributed by atoms with Gasteiger partial charge in [0.1, 0.15) is 5.00 Å². The Hall–Kier alpha value is -0.220. The fraction of sp³-hybridized carbons (Fsp3) is 0.400. The van der Waals surface area contributed by atoms with Crippen molar-refractivity contribution in [3.63, 3.8) is 0 Å². The summed E-state index contributed by atoms with van der Waals surface area (Å²) in [5.74, 6) is 1.06. The molecule has 1 aromatic heterocycles. The van der Waals surface area contributed by atoms with Crippen molar-refractivity contribution in [2.45, 2.75) is 11.3 Å². The van der Waals surface area contributed by atoms with Crippen molar-refractivity contribution in [1.82, 2.24) is 4.98 Å². The molecule has 0 aliphatic carbocycles. The van der Waals surface area contributed by atoms with Crippen LogP contribution in [0, 0.1) is 0 Å². The lowest BCUT2D eigenvalue weighted by Gasteiger charge is -1.84. The van der Waals surface area contributed by atoms with Crippen LogP contribution in [0.15, 0.2) is 10.5 Å². The number of nitrogens with zero attached hydrogens (tertiary/aromatic N) is 1. The maximum absolute atomic E-state index is 5.45. The van der Waals surface area contributed by atoms with Crippen LogP contribution in [0.25, 0.3) is 0 Å². The number of hydrogen-bond acceptors (Lipinski definition) is 4. The Kier molecular flexibility index (Phi) is 2.36. The summed E-state index contributed by atoms with van der Waals surface area (Å²) < 4.78 is 1.06. The fourth-order valence-electron chi connectivity index (χ4n) is 0.460. The third kappa shape index (κ3) is 1.87. The summed E-state index contributed by atoms with van der Waals surface area (Å²) in [5.41, 5.74) is 5.45. The van der Waals surface area contributed by atoms with E-state index < -0.39 is 0 Å². The number of rotatable bonds is 2. The molecule has 50 valence electrons. The summed E-state index contributed by atoms with van der Waals surface area (Å²) in [6, 6.07) is 0. The Balaban J connectivity index is 2.61. The Morgan fingerprint density at radius 1 is 1.89 bits per heavy atom. The summed E-state index contributed by atoms with van der Waals surface area (Å²) in [6.45, 7) is 2.10. The minimum atomic E-state index is 0.797. The van der Waals surface area contributed by atoms with E-state index >= 15 is 0 Å². The van der Waals surface area contributed by atoms with E-state index in [0.717, 1.165) is 15.1 Å². The van der Waals surface area contributed by atoms with Gasteiger partial charge in [-0.2, -0.15) is 0 Å². The highest BCUT2D eigenvalue weighted by molar-refractivity contribution is 8.01. The van der Waals surface area contributed by atoms with Crippen molar-refractivity contribution in [1.29, 1.82) is 0 Å². The first kappa shape index (κ1) is 6.89. The molecular weight excluding hydrogens is 152 g/mol. The van der Waals surface area contributed by atoms with Crippen molar-refractivity contribution < 1.29 is 0 Å². The number of thiazole rings is 1. The molecule has 0 saturated carbocycles. The van der Waals surface area contributed by atoms with Crippen LogP contribution in [0.1, 0.15) is 6.92 Å². The Morgan fingerprint density at radius 3 is 3.11 bits per heavy atom. The van der Waals surface area contributed by atoms with Crippen molar-refractivity contribution in [2.75, 3.05) is 11.5 Å². The van der Waals surface area contributed by atoms with Crippen molar-refractivity contribution >= 4 is 28.1 Å². The predicted molar refractivity (Wildman–Crippen MR) is 42.9 cm³/mol. The number of aromatic nitrogens is 1. The molecule has 1 heterocycles. The normalized spacial score (nSPS) is 9.89. The molecule has 0 aliphatic heterocycles. The van der Waals surface area contributed by atoms with Gasteiger partial charge in [0, 0.05) is 0 Å². The van der Waals surface area contributed by atoms with Crippen LogP contribution in [0.5, 0.6) is 0 Å². The fourth-order valence-corrected chi connectivity index (χ4v) is 2.12. The van der Waals surface area contributed by atoms with E-state index in [4.69, 9.17) is 5.73 Å². The lowest BCUT2D eigenvalue weighted by Crippen LogP contribution is -1.73. The molecule has 2 nitrogen and oxygen atoms in total. The second-order valence-electron chi connectivity index (χ2n) is 1.46. The highest BCUT2D eigenvalue weighted by Crippen LogP contribution is 2.24. The zero-order chi connectivity index (χ0) is 6.69. The van der Waals surface area contributed by atoms with E-state index in [-0.39, 0.29) is 0 Å². The van der Waals surface area contributed by atoms with Gasteiger partial charge in [0.05, 0.1) is 6.20 Å². The molecule has 0 aromatic carbocycles. The van der Waals surface area contributed by atoms with Crippen LogP contribution in [-0.4, -0.2) is 10.7 Å². The quantitative estimate of drug-likeness (QED) is 0.671. The molecule has 0 bridgehead atoms. The van der Waals surface area contributed by atoms with Crippen molar-refractivity contribution in [2.24, 2.45) is 0 Å². The molecular formula is C5H8N2S2. The van der Waals surface area contributed by atoms with Gasteiger partial charge in [-0.05, 0) is 5.75 Å². The molecule has 2 N–H and O–H groups in total. The second-order valence-corrected chi connectivity index (χ2v) is 4.03. The molecule has 0 aliphatic rings. The number of nitrogens with two attached hydrogens (primary N) is 1. The average Bonchev–Trinajstić information content (AvgIpc) is 2.17. The summed E-state index contributed by atoms with van der Waals surface area (Å²) >= 11 is 3.27. The topological polar surface area (TPSA) is 38.9 Å². The monoisotopic (exact) mass is 160 g/mol. The summed E-state index contributed by atoms with van der Waals surface area (Å²) in [6.07, 6.45) is 1.70. The molecule has 1 rings (SSSR count). The number of thioether (sulfide) groups is 1. The highest BCUT2D eigenvalue weighted by atomic mass is 32.2. The van der Waals surface area contributed by atoms with Crippen LogP contribution in [-0.2, 0) is 0 Å². The third-order valence-corrected chi connectivity index (χ3v) is 2.64. The first-order valence-corrected chi connectivity index (χ1v) is 4.47. The maximum atomic E-state index is 5.45. The minimum absolute atomic E-state index is 0.797. The van der Waals surface area contributed by atoms with Gasteiger partial charge in [0.15, 0.2) is 4.34 Å². The first-order valence-electron chi connectivity index (χ1n) is 2.67. The molecule has 0 fully saturated rings. The Morgan fingerprint density at radius 2 is 2.67 bits per heavy atom. The van der Waals surface area contributed by atoms with Gasteiger partial charge < -0.3 is 5.73 Å². The van der Waals surface area contributed by atoms with Crippen LogP contribution < -0.4 is 5.73 Å². The smallest absolute Gasteiger partial charge is 0.151 e. The molecule has 1 aromatic rings. The second kappa shape index (κ2) is 3.08. The van der Waals surface area contributed by atoms with E-state index in [0.29, 0.717) is 0 Å². The van der Waals surface area contributed by atoms with Crippen LogP contribution in [0.2, 0.25) is 0 Å². The molecule has 0 spiro atoms. The lowest BCUT2D eigenvalue weighted by atomic mass is 10.9. The summed E-state index contributed by atoms with van der Waals surface area (Å²) in [4.78, 5) is 4.06. The van der Waals surface area contributed by atoms with Gasteiger partial charge in [0.2, 0.25) is 0 Å². The SMILES string of the molecule is CCSc1ncc(N)s1. The van der Waals surface area contributed by atoms with Gasteiger partial charge in [-0.3, -0.25) is 0 Å². The van der Waals surface area contributed by atoms with Crippen molar-refractivity contribution in [3.05, 3.63) is 6.20 Å². The average molecular weight is 160 g/mol. The Labute approximate surface area is 62.5 Å². The van der Waals surface area contributed by atoms with E-state index in [9.17, 15) is 0 Å². The molecule has 0 saturated heterocycles. The maximum Gasteiger partial charge on any atom is 0.151 e. The highest BCUT2D eigenvalue weighted by Gasteiger charge is 1.95.